The summed E-state index contributed by atoms with van der Waals surface area (Å²) >= 11 is 5.86. The van der Waals surface area contributed by atoms with Crippen LogP contribution in [0.4, 0.5) is 0 Å². The van der Waals surface area contributed by atoms with Crippen LogP contribution in [0.3, 0.4) is 0 Å². The number of carbonyl (C=O) groups is 1. The molecule has 0 aliphatic heterocycles. The fourth-order valence-corrected chi connectivity index (χ4v) is 2.30. The van der Waals surface area contributed by atoms with Gasteiger partial charge in [-0.15, -0.1) is 0 Å². The second-order valence-electron chi connectivity index (χ2n) is 5.29. The average Bonchev–Trinajstić information content (AvgIpc) is 3.16. The zero-order valence-corrected chi connectivity index (χ0v) is 14.0. The number of rotatable bonds is 5. The Morgan fingerprint density at radius 1 is 1.33 bits per heavy atom. The predicted octanol–water partition coefficient (Wildman–Crippen LogP) is 2.40. The summed E-state index contributed by atoms with van der Waals surface area (Å²) < 4.78 is 6.86. The summed E-state index contributed by atoms with van der Waals surface area (Å²) in [7, 11) is 1.79. The molecule has 2 heterocycles. The zero-order chi connectivity index (χ0) is 17.1. The maximum Gasteiger partial charge on any atom is 0.254 e. The molecule has 7 nitrogen and oxygen atoms in total. The van der Waals surface area contributed by atoms with E-state index in [1.807, 2.05) is 19.1 Å². The van der Waals surface area contributed by atoms with Gasteiger partial charge in [-0.05, 0) is 31.2 Å². The van der Waals surface area contributed by atoms with E-state index >= 15 is 0 Å². The van der Waals surface area contributed by atoms with Gasteiger partial charge in [0.15, 0.2) is 0 Å². The van der Waals surface area contributed by atoms with Gasteiger partial charge in [0.2, 0.25) is 11.7 Å². The molecule has 1 N–H and O–H groups in total. The summed E-state index contributed by atoms with van der Waals surface area (Å²) in [5.41, 5.74) is 2.20. The van der Waals surface area contributed by atoms with E-state index in [0.29, 0.717) is 35.3 Å². The number of hydrogen-bond acceptors (Lipinski definition) is 5. The second kappa shape index (κ2) is 6.84. The highest BCUT2D eigenvalue weighted by molar-refractivity contribution is 6.30. The third-order valence-corrected chi connectivity index (χ3v) is 3.93. The van der Waals surface area contributed by atoms with Gasteiger partial charge in [0.1, 0.15) is 0 Å². The van der Waals surface area contributed by atoms with Crippen LogP contribution in [0, 0.1) is 6.92 Å². The van der Waals surface area contributed by atoms with E-state index in [4.69, 9.17) is 16.1 Å². The standard InChI is InChI=1S/C16H16ClN5O2/c1-10-13(9-19-22(10)2)16(23)18-8-7-14-20-15(21-24-14)11-3-5-12(17)6-4-11/h3-6,9H,7-8H2,1-2H3,(H,18,23). The molecule has 3 rings (SSSR count). The first-order chi connectivity index (χ1) is 11.5. The molecule has 3 aromatic rings. The number of halogens is 1. The van der Waals surface area contributed by atoms with E-state index in [9.17, 15) is 4.79 Å². The van der Waals surface area contributed by atoms with Gasteiger partial charge in [-0.1, -0.05) is 16.8 Å². The van der Waals surface area contributed by atoms with Crippen molar-refractivity contribution in [3.05, 3.63) is 52.6 Å². The first-order valence-corrected chi connectivity index (χ1v) is 7.77. The van der Waals surface area contributed by atoms with E-state index in [1.54, 1.807) is 30.1 Å². The highest BCUT2D eigenvalue weighted by atomic mass is 35.5. The minimum absolute atomic E-state index is 0.168. The molecule has 24 heavy (non-hydrogen) atoms. The first-order valence-electron chi connectivity index (χ1n) is 7.40. The number of benzene rings is 1. The van der Waals surface area contributed by atoms with Gasteiger partial charge < -0.3 is 9.84 Å². The number of aromatic nitrogens is 4. The highest BCUT2D eigenvalue weighted by Gasteiger charge is 2.13. The van der Waals surface area contributed by atoms with Crippen LogP contribution in [0.5, 0.6) is 0 Å². The van der Waals surface area contributed by atoms with Crippen molar-refractivity contribution in [3.63, 3.8) is 0 Å². The largest absolute Gasteiger partial charge is 0.351 e. The van der Waals surface area contributed by atoms with E-state index in [-0.39, 0.29) is 5.91 Å². The Morgan fingerprint density at radius 2 is 2.08 bits per heavy atom. The maximum absolute atomic E-state index is 12.1. The molecular formula is C16H16ClN5O2. The fourth-order valence-electron chi connectivity index (χ4n) is 2.17. The lowest BCUT2D eigenvalue weighted by atomic mass is 10.2. The van der Waals surface area contributed by atoms with Gasteiger partial charge in [0.25, 0.3) is 5.91 Å². The molecule has 124 valence electrons. The lowest BCUT2D eigenvalue weighted by Crippen LogP contribution is -2.26. The molecule has 1 aromatic carbocycles. The summed E-state index contributed by atoms with van der Waals surface area (Å²) in [5, 5.41) is 11.5. The molecule has 0 bridgehead atoms. The van der Waals surface area contributed by atoms with Crippen molar-refractivity contribution in [2.75, 3.05) is 6.54 Å². The van der Waals surface area contributed by atoms with E-state index in [1.165, 1.54) is 0 Å². The van der Waals surface area contributed by atoms with Crippen molar-refractivity contribution in [1.29, 1.82) is 0 Å². The van der Waals surface area contributed by atoms with Crippen LogP contribution in [-0.2, 0) is 13.5 Å². The molecule has 0 fully saturated rings. The third kappa shape index (κ3) is 3.46. The fraction of sp³-hybridized carbons (Fsp3) is 0.250. The number of amides is 1. The monoisotopic (exact) mass is 345 g/mol. The summed E-state index contributed by atoms with van der Waals surface area (Å²) in [6, 6.07) is 7.18. The minimum Gasteiger partial charge on any atom is -0.351 e. The number of carbonyl (C=O) groups excluding carboxylic acids is 1. The number of nitrogens with zero attached hydrogens (tertiary/aromatic N) is 4. The molecule has 0 spiro atoms. The molecular weight excluding hydrogens is 330 g/mol. The van der Waals surface area contributed by atoms with Gasteiger partial charge in [0, 0.05) is 36.3 Å². The Kier molecular flexibility index (Phi) is 4.61. The van der Waals surface area contributed by atoms with Crippen LogP contribution in [0.25, 0.3) is 11.4 Å². The third-order valence-electron chi connectivity index (χ3n) is 3.67. The van der Waals surface area contributed by atoms with E-state index in [2.05, 4.69) is 20.6 Å². The topological polar surface area (TPSA) is 85.8 Å². The average molecular weight is 346 g/mol. The Bertz CT molecular complexity index is 854. The van der Waals surface area contributed by atoms with E-state index < -0.39 is 0 Å². The van der Waals surface area contributed by atoms with Crippen LogP contribution in [0.2, 0.25) is 5.02 Å². The van der Waals surface area contributed by atoms with Gasteiger partial charge in [0.05, 0.1) is 11.8 Å². The molecule has 0 unspecified atom stereocenters. The van der Waals surface area contributed by atoms with Crippen molar-refractivity contribution in [3.8, 4) is 11.4 Å². The SMILES string of the molecule is Cc1c(C(=O)NCCc2nc(-c3ccc(Cl)cc3)no2)cnn1C. The Hall–Kier alpha value is -2.67. The van der Waals surface area contributed by atoms with Gasteiger partial charge in [-0.3, -0.25) is 9.48 Å². The van der Waals surface area contributed by atoms with E-state index in [0.717, 1.165) is 11.3 Å². The van der Waals surface area contributed by atoms with Crippen molar-refractivity contribution >= 4 is 17.5 Å². The number of hydrogen-bond donors (Lipinski definition) is 1. The van der Waals surface area contributed by atoms with Crippen LogP contribution < -0.4 is 5.32 Å². The summed E-state index contributed by atoms with van der Waals surface area (Å²) in [5.74, 6) is 0.789. The lowest BCUT2D eigenvalue weighted by molar-refractivity contribution is 0.0952. The predicted molar refractivity (Wildman–Crippen MR) is 88.7 cm³/mol. The highest BCUT2D eigenvalue weighted by Crippen LogP contribution is 2.18. The van der Waals surface area contributed by atoms with Crippen molar-refractivity contribution < 1.29 is 9.32 Å². The zero-order valence-electron chi connectivity index (χ0n) is 13.3. The van der Waals surface area contributed by atoms with Crippen LogP contribution in [0.1, 0.15) is 21.9 Å². The molecule has 0 saturated heterocycles. The van der Waals surface area contributed by atoms with Gasteiger partial charge in [-0.2, -0.15) is 10.1 Å². The van der Waals surface area contributed by atoms with Gasteiger partial charge >= 0.3 is 0 Å². The van der Waals surface area contributed by atoms with Crippen molar-refractivity contribution in [2.24, 2.45) is 7.05 Å². The molecule has 8 heteroatoms. The van der Waals surface area contributed by atoms with Gasteiger partial charge in [-0.25, -0.2) is 0 Å². The minimum atomic E-state index is -0.168. The summed E-state index contributed by atoms with van der Waals surface area (Å²) in [6.07, 6.45) is 2.00. The quantitative estimate of drug-likeness (QED) is 0.767. The molecule has 0 aliphatic rings. The number of nitrogens with one attached hydrogen (secondary N) is 1. The second-order valence-corrected chi connectivity index (χ2v) is 5.73. The molecule has 0 aliphatic carbocycles. The molecule has 0 radical (unpaired) electrons. The van der Waals surface area contributed by atoms with Crippen LogP contribution in [-0.4, -0.2) is 32.4 Å². The Labute approximate surface area is 143 Å². The Morgan fingerprint density at radius 3 is 2.75 bits per heavy atom. The first kappa shape index (κ1) is 16.2. The Balaban J connectivity index is 1.57. The van der Waals surface area contributed by atoms with Crippen molar-refractivity contribution in [2.45, 2.75) is 13.3 Å². The van der Waals surface area contributed by atoms with Crippen LogP contribution >= 0.6 is 11.6 Å². The summed E-state index contributed by atoms with van der Waals surface area (Å²) in [6.45, 7) is 2.24. The number of aryl methyl sites for hydroxylation is 1. The molecule has 0 atom stereocenters. The lowest BCUT2D eigenvalue weighted by Gasteiger charge is -2.02. The molecule has 1 amide bonds. The molecule has 0 saturated carbocycles. The summed E-state index contributed by atoms with van der Waals surface area (Å²) in [4.78, 5) is 16.4. The smallest absolute Gasteiger partial charge is 0.254 e. The normalized spacial score (nSPS) is 10.8. The van der Waals surface area contributed by atoms with Crippen molar-refractivity contribution in [1.82, 2.24) is 25.2 Å². The molecule has 2 aromatic heterocycles. The maximum atomic E-state index is 12.1. The van der Waals surface area contributed by atoms with Crippen LogP contribution in [0.15, 0.2) is 35.0 Å².